The third-order valence-electron chi connectivity index (χ3n) is 3.98. The zero-order chi connectivity index (χ0) is 13.7. The smallest absolute Gasteiger partial charge is 0.320 e. The van der Waals surface area contributed by atoms with Crippen molar-refractivity contribution in [2.24, 2.45) is 0 Å². The van der Waals surface area contributed by atoms with E-state index in [-0.39, 0.29) is 0 Å². The first-order chi connectivity index (χ1) is 9.20. The molecule has 2 rings (SSSR count). The normalized spacial score (nSPS) is 16.9. The summed E-state index contributed by atoms with van der Waals surface area (Å²) < 4.78 is 0. The molecule has 1 atom stereocenters. The predicted octanol–water partition coefficient (Wildman–Crippen LogP) is 3.30. The minimum atomic E-state index is -0.757. The SMILES string of the molecule is CCCC(NCc1ccc(C2CCC2)cc1)C(=O)O. The Hall–Kier alpha value is -1.35. The molecule has 0 amide bonds. The average Bonchev–Trinajstić information content (AvgIpc) is 2.34. The molecule has 1 fully saturated rings. The highest BCUT2D eigenvalue weighted by Gasteiger charge is 2.19. The molecule has 0 radical (unpaired) electrons. The summed E-state index contributed by atoms with van der Waals surface area (Å²) in [4.78, 5) is 11.0. The summed E-state index contributed by atoms with van der Waals surface area (Å²) in [5, 5.41) is 12.2. The Morgan fingerprint density at radius 1 is 1.37 bits per heavy atom. The van der Waals surface area contributed by atoms with Gasteiger partial charge in [0, 0.05) is 6.54 Å². The molecule has 0 spiro atoms. The fourth-order valence-electron chi connectivity index (χ4n) is 2.49. The molecule has 104 valence electrons. The Labute approximate surface area is 115 Å². The largest absolute Gasteiger partial charge is 0.480 e. The molecule has 1 aromatic carbocycles. The van der Waals surface area contributed by atoms with Crippen molar-refractivity contribution in [1.82, 2.24) is 5.32 Å². The van der Waals surface area contributed by atoms with Crippen molar-refractivity contribution in [2.75, 3.05) is 0 Å². The second-order valence-corrected chi connectivity index (χ2v) is 5.43. The van der Waals surface area contributed by atoms with Gasteiger partial charge in [-0.05, 0) is 36.3 Å². The van der Waals surface area contributed by atoms with E-state index in [0.29, 0.717) is 13.0 Å². The van der Waals surface area contributed by atoms with Gasteiger partial charge in [-0.3, -0.25) is 4.79 Å². The van der Waals surface area contributed by atoms with Crippen LogP contribution in [-0.2, 0) is 11.3 Å². The lowest BCUT2D eigenvalue weighted by Gasteiger charge is -2.25. The first kappa shape index (κ1) is 14.1. The van der Waals surface area contributed by atoms with Gasteiger partial charge in [-0.15, -0.1) is 0 Å². The van der Waals surface area contributed by atoms with Crippen LogP contribution in [-0.4, -0.2) is 17.1 Å². The van der Waals surface area contributed by atoms with Crippen molar-refractivity contribution < 1.29 is 9.90 Å². The third kappa shape index (κ3) is 3.80. The fourth-order valence-corrected chi connectivity index (χ4v) is 2.49. The first-order valence-corrected chi connectivity index (χ1v) is 7.25. The van der Waals surface area contributed by atoms with E-state index in [1.54, 1.807) is 0 Å². The Kier molecular flexibility index (Phi) is 4.97. The van der Waals surface area contributed by atoms with Crippen LogP contribution in [0.25, 0.3) is 0 Å². The summed E-state index contributed by atoms with van der Waals surface area (Å²) in [6.07, 6.45) is 5.54. The molecule has 1 unspecified atom stereocenters. The molecular formula is C16H23NO2. The van der Waals surface area contributed by atoms with Crippen LogP contribution in [0.15, 0.2) is 24.3 Å². The second kappa shape index (κ2) is 6.71. The quantitative estimate of drug-likeness (QED) is 0.791. The van der Waals surface area contributed by atoms with Gasteiger partial charge in [0.1, 0.15) is 6.04 Å². The van der Waals surface area contributed by atoms with E-state index in [1.165, 1.54) is 24.8 Å². The number of hydrogen-bond donors (Lipinski definition) is 2. The first-order valence-electron chi connectivity index (χ1n) is 7.25. The molecule has 2 N–H and O–H groups in total. The Bertz CT molecular complexity index is 409. The number of aliphatic carboxylic acids is 1. The van der Waals surface area contributed by atoms with Gasteiger partial charge in [-0.25, -0.2) is 0 Å². The van der Waals surface area contributed by atoms with Crippen LogP contribution in [0, 0.1) is 0 Å². The van der Waals surface area contributed by atoms with Crippen LogP contribution in [0.3, 0.4) is 0 Å². The highest BCUT2D eigenvalue weighted by atomic mass is 16.4. The van der Waals surface area contributed by atoms with Gasteiger partial charge in [-0.1, -0.05) is 44.0 Å². The molecule has 3 nitrogen and oxygen atoms in total. The highest BCUT2D eigenvalue weighted by Crippen LogP contribution is 2.36. The summed E-state index contributed by atoms with van der Waals surface area (Å²) >= 11 is 0. The summed E-state index contributed by atoms with van der Waals surface area (Å²) in [5.74, 6) is 0.00167. The predicted molar refractivity (Wildman–Crippen MR) is 76.2 cm³/mol. The molecule has 1 aromatic rings. The Balaban J connectivity index is 1.86. The number of rotatable bonds is 7. The van der Waals surface area contributed by atoms with Crippen molar-refractivity contribution in [3.8, 4) is 0 Å². The maximum absolute atomic E-state index is 11.0. The van der Waals surface area contributed by atoms with Crippen LogP contribution in [0.1, 0.15) is 56.1 Å². The molecule has 0 bridgehead atoms. The van der Waals surface area contributed by atoms with E-state index in [4.69, 9.17) is 5.11 Å². The van der Waals surface area contributed by atoms with Gasteiger partial charge < -0.3 is 10.4 Å². The monoisotopic (exact) mass is 261 g/mol. The molecule has 0 saturated heterocycles. The van der Waals surface area contributed by atoms with Gasteiger partial charge in [0.25, 0.3) is 0 Å². The maximum atomic E-state index is 11.0. The number of benzene rings is 1. The van der Waals surface area contributed by atoms with Crippen LogP contribution in [0.5, 0.6) is 0 Å². The molecule has 1 aliphatic carbocycles. The Morgan fingerprint density at radius 2 is 2.05 bits per heavy atom. The standard InChI is InChI=1S/C16H23NO2/c1-2-4-15(16(18)19)17-11-12-7-9-14(10-8-12)13-5-3-6-13/h7-10,13,15,17H,2-6,11H2,1H3,(H,18,19). The Morgan fingerprint density at radius 3 is 2.53 bits per heavy atom. The summed E-state index contributed by atoms with van der Waals surface area (Å²) in [5.41, 5.74) is 2.59. The van der Waals surface area contributed by atoms with Crippen molar-refractivity contribution in [3.05, 3.63) is 35.4 Å². The van der Waals surface area contributed by atoms with Gasteiger partial charge >= 0.3 is 5.97 Å². The number of nitrogens with one attached hydrogen (secondary N) is 1. The zero-order valence-corrected chi connectivity index (χ0v) is 11.6. The molecule has 0 aromatic heterocycles. The topological polar surface area (TPSA) is 49.3 Å². The minimum Gasteiger partial charge on any atom is -0.480 e. The van der Waals surface area contributed by atoms with Crippen LogP contribution in [0.2, 0.25) is 0 Å². The summed E-state index contributed by atoms with van der Waals surface area (Å²) in [6, 6.07) is 8.18. The van der Waals surface area contributed by atoms with Crippen LogP contribution < -0.4 is 5.32 Å². The third-order valence-corrected chi connectivity index (χ3v) is 3.98. The second-order valence-electron chi connectivity index (χ2n) is 5.43. The number of carboxylic acids is 1. The highest BCUT2D eigenvalue weighted by molar-refractivity contribution is 5.73. The van der Waals surface area contributed by atoms with E-state index < -0.39 is 12.0 Å². The van der Waals surface area contributed by atoms with E-state index in [1.807, 2.05) is 6.92 Å². The zero-order valence-electron chi connectivity index (χ0n) is 11.6. The van der Waals surface area contributed by atoms with Crippen LogP contribution >= 0.6 is 0 Å². The lowest BCUT2D eigenvalue weighted by atomic mass is 9.80. The maximum Gasteiger partial charge on any atom is 0.320 e. The van der Waals surface area contributed by atoms with Gasteiger partial charge in [0.2, 0.25) is 0 Å². The van der Waals surface area contributed by atoms with Crippen LogP contribution in [0.4, 0.5) is 0 Å². The molecule has 0 aliphatic heterocycles. The number of carboxylic acid groups (broad SMARTS) is 1. The van der Waals surface area contributed by atoms with Crippen molar-refractivity contribution in [3.63, 3.8) is 0 Å². The van der Waals surface area contributed by atoms with Crippen molar-refractivity contribution in [2.45, 2.75) is 57.5 Å². The minimum absolute atomic E-state index is 0.434. The van der Waals surface area contributed by atoms with Gasteiger partial charge in [-0.2, -0.15) is 0 Å². The van der Waals surface area contributed by atoms with Crippen molar-refractivity contribution in [1.29, 1.82) is 0 Å². The molecule has 19 heavy (non-hydrogen) atoms. The van der Waals surface area contributed by atoms with E-state index in [9.17, 15) is 4.79 Å². The lowest BCUT2D eigenvalue weighted by molar-refractivity contribution is -0.139. The van der Waals surface area contributed by atoms with E-state index >= 15 is 0 Å². The molecule has 0 heterocycles. The molecule has 3 heteroatoms. The average molecular weight is 261 g/mol. The summed E-state index contributed by atoms with van der Waals surface area (Å²) in [7, 11) is 0. The number of carbonyl (C=O) groups is 1. The molecule has 1 saturated carbocycles. The fraction of sp³-hybridized carbons (Fsp3) is 0.562. The number of hydrogen-bond acceptors (Lipinski definition) is 2. The van der Waals surface area contributed by atoms with E-state index in [2.05, 4.69) is 29.6 Å². The summed E-state index contributed by atoms with van der Waals surface area (Å²) in [6.45, 7) is 2.63. The molecule has 1 aliphatic rings. The lowest BCUT2D eigenvalue weighted by Crippen LogP contribution is -2.35. The van der Waals surface area contributed by atoms with Crippen molar-refractivity contribution >= 4 is 5.97 Å². The van der Waals surface area contributed by atoms with E-state index in [0.717, 1.165) is 17.9 Å². The van der Waals surface area contributed by atoms with Gasteiger partial charge in [0.05, 0.1) is 0 Å². The molecular weight excluding hydrogens is 238 g/mol. The van der Waals surface area contributed by atoms with Gasteiger partial charge in [0.15, 0.2) is 0 Å².